The third-order valence-corrected chi connectivity index (χ3v) is 6.65. The number of hydrogen-bond donors (Lipinski definition) is 2. The third-order valence-electron chi connectivity index (χ3n) is 6.33. The highest BCUT2D eigenvalue weighted by atomic mass is 32.1. The van der Waals surface area contributed by atoms with Crippen molar-refractivity contribution in [2.45, 2.75) is 12.1 Å². The summed E-state index contributed by atoms with van der Waals surface area (Å²) in [6.07, 6.45) is 3.86. The predicted octanol–water partition coefficient (Wildman–Crippen LogP) is 5.91. The van der Waals surface area contributed by atoms with E-state index >= 15 is 0 Å². The Labute approximate surface area is 202 Å². The van der Waals surface area contributed by atoms with Crippen LogP contribution in [0.25, 0.3) is 16.5 Å². The molecule has 0 bridgehead atoms. The minimum Gasteiger partial charge on any atom is -0.506 e. The molecule has 0 radical (unpaired) electrons. The van der Waals surface area contributed by atoms with Crippen LogP contribution < -0.4 is 10.2 Å². The molecule has 6 heteroatoms. The molecule has 3 aromatic carbocycles. The highest BCUT2D eigenvalue weighted by molar-refractivity contribution is 7.80. The fourth-order valence-corrected chi connectivity index (χ4v) is 5.12. The fraction of sp³-hybridized carbons (Fsp3) is 0.0714. The molecule has 0 unspecified atom stereocenters. The first-order valence-electron chi connectivity index (χ1n) is 11.2. The van der Waals surface area contributed by atoms with Gasteiger partial charge in [0.15, 0.2) is 5.11 Å². The van der Waals surface area contributed by atoms with Gasteiger partial charge in [-0.2, -0.15) is 0 Å². The van der Waals surface area contributed by atoms with Crippen molar-refractivity contribution in [1.82, 2.24) is 14.9 Å². The van der Waals surface area contributed by atoms with Crippen LogP contribution in [0.15, 0.2) is 109 Å². The van der Waals surface area contributed by atoms with Crippen molar-refractivity contribution >= 4 is 33.8 Å². The van der Waals surface area contributed by atoms with E-state index in [2.05, 4.69) is 69.6 Å². The molecule has 166 valence electrons. The normalized spacial score (nSPS) is 17.8. The molecule has 3 heterocycles. The van der Waals surface area contributed by atoms with Crippen LogP contribution in [0.2, 0.25) is 0 Å². The number of fused-ring (bicyclic) bond motifs is 1. The van der Waals surface area contributed by atoms with Gasteiger partial charge in [-0.05, 0) is 71.5 Å². The monoisotopic (exact) mass is 462 g/mol. The van der Waals surface area contributed by atoms with E-state index in [0.717, 1.165) is 17.1 Å². The number of para-hydroxylation sites is 2. The van der Waals surface area contributed by atoms with Crippen LogP contribution in [0.3, 0.4) is 0 Å². The standard InChI is InChI=1S/C28H22N4OS/c33-25-13-4-3-11-23(25)32-27(26(30-28(32)34)22-10-5-6-16-29-22)24-12-7-17-31(24)21-15-14-19-8-1-2-9-20(19)18-21/h1-18,26-27,33H,(H,30,34)/t26-,27-/m1/s1. The zero-order valence-corrected chi connectivity index (χ0v) is 19.1. The Morgan fingerprint density at radius 3 is 2.44 bits per heavy atom. The topological polar surface area (TPSA) is 53.3 Å². The van der Waals surface area contributed by atoms with Crippen LogP contribution in [-0.2, 0) is 0 Å². The maximum Gasteiger partial charge on any atom is 0.174 e. The van der Waals surface area contributed by atoms with Gasteiger partial charge in [0.2, 0.25) is 0 Å². The van der Waals surface area contributed by atoms with E-state index in [9.17, 15) is 5.11 Å². The summed E-state index contributed by atoms with van der Waals surface area (Å²) in [4.78, 5) is 6.63. The molecule has 1 saturated heterocycles. The zero-order chi connectivity index (χ0) is 23.1. The first-order valence-corrected chi connectivity index (χ1v) is 11.6. The van der Waals surface area contributed by atoms with Gasteiger partial charge in [0.25, 0.3) is 0 Å². The first-order chi connectivity index (χ1) is 16.7. The van der Waals surface area contributed by atoms with Crippen molar-refractivity contribution in [2.75, 3.05) is 4.90 Å². The van der Waals surface area contributed by atoms with Crippen LogP contribution in [-0.4, -0.2) is 19.8 Å². The summed E-state index contributed by atoms with van der Waals surface area (Å²) in [5, 5.41) is 17.1. The average Bonchev–Trinajstić information content (AvgIpc) is 3.49. The molecule has 2 N–H and O–H groups in total. The van der Waals surface area contributed by atoms with Gasteiger partial charge in [0.05, 0.1) is 17.4 Å². The summed E-state index contributed by atoms with van der Waals surface area (Å²) in [5.74, 6) is 0.183. The zero-order valence-electron chi connectivity index (χ0n) is 18.2. The van der Waals surface area contributed by atoms with E-state index in [0.29, 0.717) is 10.8 Å². The Balaban J connectivity index is 1.53. The van der Waals surface area contributed by atoms with Crippen LogP contribution in [0.4, 0.5) is 5.69 Å². The molecule has 0 aliphatic carbocycles. The number of thiocarbonyl (C=S) groups is 1. The number of pyridine rings is 1. The van der Waals surface area contributed by atoms with E-state index in [-0.39, 0.29) is 17.8 Å². The number of aromatic nitrogens is 2. The largest absolute Gasteiger partial charge is 0.506 e. The Morgan fingerprint density at radius 1 is 0.824 bits per heavy atom. The Morgan fingerprint density at radius 2 is 1.62 bits per heavy atom. The molecule has 1 fully saturated rings. The van der Waals surface area contributed by atoms with Gasteiger partial charge in [-0.3, -0.25) is 4.98 Å². The van der Waals surface area contributed by atoms with Gasteiger partial charge in [0.1, 0.15) is 11.8 Å². The second-order valence-electron chi connectivity index (χ2n) is 8.32. The fourth-order valence-electron chi connectivity index (χ4n) is 4.78. The second kappa shape index (κ2) is 8.32. The van der Waals surface area contributed by atoms with Crippen molar-refractivity contribution in [3.8, 4) is 11.4 Å². The Hall–Kier alpha value is -4.16. The van der Waals surface area contributed by atoms with E-state index in [1.165, 1.54) is 10.8 Å². The van der Waals surface area contributed by atoms with Crippen LogP contribution in [0.1, 0.15) is 23.5 Å². The van der Waals surface area contributed by atoms with Crippen molar-refractivity contribution < 1.29 is 5.11 Å². The SMILES string of the molecule is Oc1ccccc1N1C(=S)N[C@H](c2ccccn2)[C@H]1c1cccn1-c1ccc2ccccc2c1. The molecule has 1 aliphatic rings. The quantitative estimate of drug-likeness (QED) is 0.325. The molecular weight excluding hydrogens is 440 g/mol. The number of nitrogens with zero attached hydrogens (tertiary/aromatic N) is 3. The van der Waals surface area contributed by atoms with Gasteiger partial charge >= 0.3 is 0 Å². The maximum absolute atomic E-state index is 10.7. The Bertz CT molecular complexity index is 1500. The Kier molecular flexibility index (Phi) is 5.00. The molecule has 0 spiro atoms. The number of aromatic hydroxyl groups is 1. The van der Waals surface area contributed by atoms with Gasteiger partial charge in [-0.25, -0.2) is 0 Å². The molecule has 6 rings (SSSR count). The lowest BCUT2D eigenvalue weighted by Crippen LogP contribution is -2.30. The van der Waals surface area contributed by atoms with Crippen LogP contribution >= 0.6 is 12.2 Å². The summed E-state index contributed by atoms with van der Waals surface area (Å²) < 4.78 is 2.19. The number of hydrogen-bond acceptors (Lipinski definition) is 3. The van der Waals surface area contributed by atoms with Gasteiger partial charge in [-0.15, -0.1) is 0 Å². The van der Waals surface area contributed by atoms with Crippen LogP contribution in [0, 0.1) is 0 Å². The molecule has 1 aliphatic heterocycles. The minimum atomic E-state index is -0.225. The molecule has 5 nitrogen and oxygen atoms in total. The minimum absolute atomic E-state index is 0.183. The molecule has 0 saturated carbocycles. The maximum atomic E-state index is 10.7. The summed E-state index contributed by atoms with van der Waals surface area (Å²) in [7, 11) is 0. The highest BCUT2D eigenvalue weighted by Gasteiger charge is 2.42. The lowest BCUT2D eigenvalue weighted by Gasteiger charge is -2.29. The van der Waals surface area contributed by atoms with E-state index in [1.54, 1.807) is 12.3 Å². The number of rotatable bonds is 4. The number of anilines is 1. The van der Waals surface area contributed by atoms with Crippen LogP contribution in [0.5, 0.6) is 5.75 Å². The number of phenolic OH excluding ortho intramolecular Hbond substituents is 1. The summed E-state index contributed by atoms with van der Waals surface area (Å²) in [6, 6.07) is 31.7. The molecule has 2 aromatic heterocycles. The van der Waals surface area contributed by atoms with E-state index in [4.69, 9.17) is 12.2 Å². The number of phenols is 1. The number of benzene rings is 3. The van der Waals surface area contributed by atoms with E-state index in [1.807, 2.05) is 47.4 Å². The van der Waals surface area contributed by atoms with Crippen molar-refractivity contribution in [3.05, 3.63) is 121 Å². The van der Waals surface area contributed by atoms with Crippen molar-refractivity contribution in [1.29, 1.82) is 0 Å². The first kappa shape index (κ1) is 20.4. The van der Waals surface area contributed by atoms with Gasteiger partial charge < -0.3 is 19.9 Å². The molecular formula is C28H22N4OS. The van der Waals surface area contributed by atoms with Gasteiger partial charge in [-0.1, -0.05) is 48.5 Å². The highest BCUT2D eigenvalue weighted by Crippen LogP contribution is 2.44. The van der Waals surface area contributed by atoms with Crippen molar-refractivity contribution in [2.24, 2.45) is 0 Å². The molecule has 34 heavy (non-hydrogen) atoms. The smallest absolute Gasteiger partial charge is 0.174 e. The summed E-state index contributed by atoms with van der Waals surface area (Å²) >= 11 is 5.80. The molecule has 0 amide bonds. The molecule has 2 atom stereocenters. The van der Waals surface area contributed by atoms with E-state index < -0.39 is 0 Å². The van der Waals surface area contributed by atoms with Crippen molar-refractivity contribution in [3.63, 3.8) is 0 Å². The number of nitrogens with one attached hydrogen (secondary N) is 1. The summed E-state index contributed by atoms with van der Waals surface area (Å²) in [6.45, 7) is 0. The summed E-state index contributed by atoms with van der Waals surface area (Å²) in [5.41, 5.74) is 3.66. The molecule has 5 aromatic rings. The van der Waals surface area contributed by atoms with Gasteiger partial charge in [0, 0.05) is 23.8 Å². The predicted molar refractivity (Wildman–Crippen MR) is 139 cm³/mol. The third kappa shape index (κ3) is 3.40. The lowest BCUT2D eigenvalue weighted by atomic mass is 10.0. The second-order valence-corrected chi connectivity index (χ2v) is 8.71. The lowest BCUT2D eigenvalue weighted by molar-refractivity contribution is 0.472. The average molecular weight is 463 g/mol.